The number of hydrogen-bond donors (Lipinski definition) is 2. The molecule has 1 atom stereocenters. The number of pyridine rings is 1. The number of ether oxygens (including phenoxy) is 1. The molecule has 1 rings (SSSR count). The first-order valence-electron chi connectivity index (χ1n) is 4.41. The Labute approximate surface area is 83.7 Å². The predicted molar refractivity (Wildman–Crippen MR) is 54.8 cm³/mol. The zero-order chi connectivity index (χ0) is 10.8. The SMILES string of the molecule is COCC(C)(O)c1cc(C)cnc1N. The molecular formula is C10H16N2O2. The number of nitrogen functional groups attached to an aromatic ring is 1. The second-order valence-corrected chi connectivity index (χ2v) is 3.65. The van der Waals surface area contributed by atoms with Crippen molar-refractivity contribution in [1.82, 2.24) is 4.98 Å². The summed E-state index contributed by atoms with van der Waals surface area (Å²) in [7, 11) is 1.54. The lowest BCUT2D eigenvalue weighted by Gasteiger charge is -2.23. The van der Waals surface area contributed by atoms with Gasteiger partial charge < -0.3 is 15.6 Å². The standard InChI is InChI=1S/C10H16N2O2/c1-7-4-8(9(11)12-5-7)10(2,13)6-14-3/h4-5,13H,6H2,1-3H3,(H2,11,12). The molecule has 0 radical (unpaired) electrons. The van der Waals surface area contributed by atoms with E-state index in [9.17, 15) is 5.11 Å². The van der Waals surface area contributed by atoms with Crippen LogP contribution < -0.4 is 5.73 Å². The molecule has 4 nitrogen and oxygen atoms in total. The molecule has 78 valence electrons. The Kier molecular flexibility index (Phi) is 3.08. The number of aryl methyl sites for hydroxylation is 1. The summed E-state index contributed by atoms with van der Waals surface area (Å²) in [5.41, 5.74) is 6.17. The molecule has 0 saturated carbocycles. The number of anilines is 1. The van der Waals surface area contributed by atoms with Gasteiger partial charge in [-0.15, -0.1) is 0 Å². The summed E-state index contributed by atoms with van der Waals surface area (Å²) in [6, 6.07) is 1.82. The van der Waals surface area contributed by atoms with Crippen LogP contribution in [-0.2, 0) is 10.3 Å². The van der Waals surface area contributed by atoms with Gasteiger partial charge in [0.2, 0.25) is 0 Å². The summed E-state index contributed by atoms with van der Waals surface area (Å²) < 4.78 is 4.92. The van der Waals surface area contributed by atoms with Crippen LogP contribution >= 0.6 is 0 Å². The Morgan fingerprint density at radius 3 is 2.86 bits per heavy atom. The van der Waals surface area contributed by atoms with Crippen LogP contribution in [0.1, 0.15) is 18.1 Å². The fourth-order valence-electron chi connectivity index (χ4n) is 1.37. The number of rotatable bonds is 3. The zero-order valence-corrected chi connectivity index (χ0v) is 8.74. The molecule has 1 aromatic heterocycles. The Bertz CT molecular complexity index is 324. The van der Waals surface area contributed by atoms with Crippen LogP contribution in [0.15, 0.2) is 12.3 Å². The minimum atomic E-state index is -1.09. The van der Waals surface area contributed by atoms with E-state index in [0.717, 1.165) is 5.56 Å². The minimum Gasteiger partial charge on any atom is -0.383 e. The molecule has 0 aliphatic rings. The van der Waals surface area contributed by atoms with Gasteiger partial charge in [-0.1, -0.05) is 0 Å². The predicted octanol–water partition coefficient (Wildman–Crippen LogP) is 0.826. The third kappa shape index (κ3) is 2.21. The Hall–Kier alpha value is -1.13. The number of nitrogens with zero attached hydrogens (tertiary/aromatic N) is 1. The summed E-state index contributed by atoms with van der Waals surface area (Å²) in [6.07, 6.45) is 1.67. The number of aromatic nitrogens is 1. The van der Waals surface area contributed by atoms with Crippen LogP contribution in [0.4, 0.5) is 5.82 Å². The summed E-state index contributed by atoms with van der Waals surface area (Å²) in [5, 5.41) is 10.0. The van der Waals surface area contributed by atoms with Gasteiger partial charge in [-0.2, -0.15) is 0 Å². The first kappa shape index (κ1) is 10.9. The zero-order valence-electron chi connectivity index (χ0n) is 8.74. The molecule has 0 spiro atoms. The van der Waals surface area contributed by atoms with Crippen molar-refractivity contribution in [2.75, 3.05) is 19.5 Å². The van der Waals surface area contributed by atoms with Gasteiger partial charge in [-0.3, -0.25) is 0 Å². The third-order valence-electron chi connectivity index (χ3n) is 2.06. The molecule has 1 heterocycles. The van der Waals surface area contributed by atoms with Crippen molar-refractivity contribution in [2.24, 2.45) is 0 Å². The fraction of sp³-hybridized carbons (Fsp3) is 0.500. The molecule has 14 heavy (non-hydrogen) atoms. The third-order valence-corrected chi connectivity index (χ3v) is 2.06. The van der Waals surface area contributed by atoms with Crippen molar-refractivity contribution < 1.29 is 9.84 Å². The number of nitrogens with two attached hydrogens (primary N) is 1. The summed E-state index contributed by atoms with van der Waals surface area (Å²) in [4.78, 5) is 3.99. The van der Waals surface area contributed by atoms with Crippen LogP contribution in [-0.4, -0.2) is 23.8 Å². The normalized spacial score (nSPS) is 15.1. The highest BCUT2D eigenvalue weighted by atomic mass is 16.5. The summed E-state index contributed by atoms with van der Waals surface area (Å²) in [5.74, 6) is 0.345. The van der Waals surface area contributed by atoms with Crippen molar-refractivity contribution in [3.8, 4) is 0 Å². The molecule has 0 amide bonds. The average molecular weight is 196 g/mol. The second-order valence-electron chi connectivity index (χ2n) is 3.65. The van der Waals surface area contributed by atoms with E-state index in [0.29, 0.717) is 11.4 Å². The van der Waals surface area contributed by atoms with E-state index < -0.39 is 5.60 Å². The van der Waals surface area contributed by atoms with Crippen molar-refractivity contribution in [1.29, 1.82) is 0 Å². The smallest absolute Gasteiger partial charge is 0.129 e. The molecule has 4 heteroatoms. The molecule has 0 aliphatic carbocycles. The largest absolute Gasteiger partial charge is 0.383 e. The maximum absolute atomic E-state index is 10.0. The van der Waals surface area contributed by atoms with E-state index in [4.69, 9.17) is 10.5 Å². The summed E-state index contributed by atoms with van der Waals surface area (Å²) >= 11 is 0. The quantitative estimate of drug-likeness (QED) is 0.751. The molecule has 0 aromatic carbocycles. The van der Waals surface area contributed by atoms with Gasteiger partial charge in [0.05, 0.1) is 6.61 Å². The van der Waals surface area contributed by atoms with Crippen molar-refractivity contribution in [3.63, 3.8) is 0 Å². The Morgan fingerprint density at radius 2 is 2.29 bits per heavy atom. The van der Waals surface area contributed by atoms with E-state index >= 15 is 0 Å². The van der Waals surface area contributed by atoms with Crippen LogP contribution in [0.2, 0.25) is 0 Å². The molecule has 1 unspecified atom stereocenters. The van der Waals surface area contributed by atoms with Crippen molar-refractivity contribution >= 4 is 5.82 Å². The van der Waals surface area contributed by atoms with Gasteiger partial charge in [0.15, 0.2) is 0 Å². The van der Waals surface area contributed by atoms with E-state index in [1.54, 1.807) is 13.1 Å². The topological polar surface area (TPSA) is 68.4 Å². The Balaban J connectivity index is 3.10. The minimum absolute atomic E-state index is 0.197. The lowest BCUT2D eigenvalue weighted by Crippen LogP contribution is -2.28. The van der Waals surface area contributed by atoms with Crippen molar-refractivity contribution in [2.45, 2.75) is 19.4 Å². The van der Waals surface area contributed by atoms with Gasteiger partial charge in [-0.25, -0.2) is 4.98 Å². The maximum atomic E-state index is 10.0. The monoisotopic (exact) mass is 196 g/mol. The average Bonchev–Trinajstić information content (AvgIpc) is 2.09. The van der Waals surface area contributed by atoms with Gasteiger partial charge in [-0.05, 0) is 25.5 Å². The van der Waals surface area contributed by atoms with Gasteiger partial charge in [0.25, 0.3) is 0 Å². The fourth-order valence-corrected chi connectivity index (χ4v) is 1.37. The molecule has 0 bridgehead atoms. The van der Waals surface area contributed by atoms with Gasteiger partial charge >= 0.3 is 0 Å². The van der Waals surface area contributed by atoms with Gasteiger partial charge in [0.1, 0.15) is 11.4 Å². The highest BCUT2D eigenvalue weighted by Gasteiger charge is 2.26. The number of methoxy groups -OCH3 is 1. The molecule has 0 saturated heterocycles. The first-order valence-corrected chi connectivity index (χ1v) is 4.41. The lowest BCUT2D eigenvalue weighted by molar-refractivity contribution is -0.0204. The molecule has 3 N–H and O–H groups in total. The van der Waals surface area contributed by atoms with Gasteiger partial charge in [0, 0.05) is 18.9 Å². The molecule has 0 aliphatic heterocycles. The maximum Gasteiger partial charge on any atom is 0.129 e. The van der Waals surface area contributed by atoms with Crippen molar-refractivity contribution in [3.05, 3.63) is 23.4 Å². The first-order chi connectivity index (χ1) is 6.47. The second kappa shape index (κ2) is 3.94. The highest BCUT2D eigenvalue weighted by molar-refractivity contribution is 5.44. The van der Waals surface area contributed by atoms with Crippen LogP contribution in [0, 0.1) is 6.92 Å². The van der Waals surface area contributed by atoms with Crippen LogP contribution in [0.25, 0.3) is 0 Å². The van der Waals surface area contributed by atoms with E-state index in [1.807, 2.05) is 13.0 Å². The molecule has 0 fully saturated rings. The number of aliphatic hydroxyl groups is 1. The lowest BCUT2D eigenvalue weighted by atomic mass is 9.96. The van der Waals surface area contributed by atoms with Crippen LogP contribution in [0.5, 0.6) is 0 Å². The molecule has 1 aromatic rings. The molecular weight excluding hydrogens is 180 g/mol. The Morgan fingerprint density at radius 1 is 1.64 bits per heavy atom. The highest BCUT2D eigenvalue weighted by Crippen LogP contribution is 2.25. The van der Waals surface area contributed by atoms with Crippen LogP contribution in [0.3, 0.4) is 0 Å². The number of hydrogen-bond acceptors (Lipinski definition) is 4. The summed E-state index contributed by atoms with van der Waals surface area (Å²) in [6.45, 7) is 3.75. The van der Waals surface area contributed by atoms with E-state index in [2.05, 4.69) is 4.98 Å². The van der Waals surface area contributed by atoms with E-state index in [-0.39, 0.29) is 6.61 Å². The van der Waals surface area contributed by atoms with E-state index in [1.165, 1.54) is 7.11 Å².